The average molecular weight is 283 g/mol. The van der Waals surface area contributed by atoms with E-state index in [9.17, 15) is 0 Å². The summed E-state index contributed by atoms with van der Waals surface area (Å²) in [6, 6.07) is 18.6. The second-order valence-corrected chi connectivity index (χ2v) is 5.56. The van der Waals surface area contributed by atoms with Crippen molar-refractivity contribution in [3.63, 3.8) is 0 Å². The van der Waals surface area contributed by atoms with Crippen LogP contribution in [0.2, 0.25) is 0 Å². The van der Waals surface area contributed by atoms with Crippen LogP contribution in [0.15, 0.2) is 60.0 Å². The molecule has 0 fully saturated rings. The maximum atomic E-state index is 5.66. The van der Waals surface area contributed by atoms with E-state index in [0.717, 1.165) is 25.3 Å². The van der Waals surface area contributed by atoms with Crippen LogP contribution >= 0.6 is 11.3 Å². The molecule has 0 bridgehead atoms. The van der Waals surface area contributed by atoms with Crippen molar-refractivity contribution in [2.75, 3.05) is 18.5 Å². The maximum Gasteiger partial charge on any atom is 0.119 e. The van der Waals surface area contributed by atoms with Gasteiger partial charge in [0.25, 0.3) is 0 Å². The summed E-state index contributed by atoms with van der Waals surface area (Å²) in [4.78, 5) is 0. The first kappa shape index (κ1) is 13.0. The Labute approximate surface area is 123 Å². The van der Waals surface area contributed by atoms with E-state index in [-0.39, 0.29) is 0 Å². The monoisotopic (exact) mass is 283 g/mol. The molecule has 0 radical (unpaired) electrons. The lowest BCUT2D eigenvalue weighted by Gasteiger charge is -2.08. The first-order valence-electron chi connectivity index (χ1n) is 6.81. The van der Waals surface area contributed by atoms with Gasteiger partial charge in [0.2, 0.25) is 0 Å². The quantitative estimate of drug-likeness (QED) is 0.657. The molecule has 0 saturated heterocycles. The minimum absolute atomic E-state index is 0.734. The predicted molar refractivity (Wildman–Crippen MR) is 86.9 cm³/mol. The fraction of sp³-hybridized carbons (Fsp3) is 0.176. The molecule has 0 spiro atoms. The number of anilines is 1. The van der Waals surface area contributed by atoms with Crippen LogP contribution in [0.1, 0.15) is 6.42 Å². The molecule has 1 N–H and O–H groups in total. The number of fused-ring (bicyclic) bond motifs is 1. The average Bonchev–Trinajstić information content (AvgIpc) is 2.95. The zero-order valence-electron chi connectivity index (χ0n) is 11.2. The summed E-state index contributed by atoms with van der Waals surface area (Å²) >= 11 is 1.78. The Morgan fingerprint density at radius 1 is 1.00 bits per heavy atom. The van der Waals surface area contributed by atoms with E-state index < -0.39 is 0 Å². The SMILES string of the molecule is c1ccc(OCCCNc2ccc3sccc3c2)cc1. The van der Waals surface area contributed by atoms with Gasteiger partial charge < -0.3 is 10.1 Å². The summed E-state index contributed by atoms with van der Waals surface area (Å²) in [6.45, 7) is 1.65. The molecular formula is C17H17NOS. The molecule has 0 atom stereocenters. The number of hydrogen-bond donors (Lipinski definition) is 1. The lowest BCUT2D eigenvalue weighted by atomic mass is 10.2. The molecule has 1 heterocycles. The summed E-state index contributed by atoms with van der Waals surface area (Å²) in [7, 11) is 0. The molecule has 0 amide bonds. The molecule has 20 heavy (non-hydrogen) atoms. The number of para-hydroxylation sites is 1. The van der Waals surface area contributed by atoms with Gasteiger partial charge >= 0.3 is 0 Å². The van der Waals surface area contributed by atoms with Gasteiger partial charge in [-0.3, -0.25) is 0 Å². The van der Waals surface area contributed by atoms with E-state index >= 15 is 0 Å². The van der Waals surface area contributed by atoms with Crippen molar-refractivity contribution >= 4 is 27.1 Å². The van der Waals surface area contributed by atoms with E-state index in [2.05, 4.69) is 35.0 Å². The lowest BCUT2D eigenvalue weighted by Crippen LogP contribution is -2.07. The largest absolute Gasteiger partial charge is 0.494 e. The van der Waals surface area contributed by atoms with Gasteiger partial charge in [0, 0.05) is 16.9 Å². The van der Waals surface area contributed by atoms with Crippen molar-refractivity contribution in [3.8, 4) is 5.75 Å². The Hall–Kier alpha value is -2.00. The first-order chi connectivity index (χ1) is 9.92. The molecule has 2 nitrogen and oxygen atoms in total. The van der Waals surface area contributed by atoms with Gasteiger partial charge in [0.15, 0.2) is 0 Å². The Kier molecular flexibility index (Phi) is 4.19. The van der Waals surface area contributed by atoms with Crippen molar-refractivity contribution < 1.29 is 4.74 Å². The fourth-order valence-electron chi connectivity index (χ4n) is 2.09. The summed E-state index contributed by atoms with van der Waals surface area (Å²) in [5, 5.41) is 6.87. The maximum absolute atomic E-state index is 5.66. The van der Waals surface area contributed by atoms with E-state index in [1.54, 1.807) is 11.3 Å². The standard InChI is InChI=1S/C17H17NOS/c1-2-5-16(6-3-1)19-11-4-10-18-15-7-8-17-14(13-15)9-12-20-17/h1-3,5-9,12-13,18H,4,10-11H2. The molecule has 1 aromatic heterocycles. The molecule has 0 aliphatic rings. The molecule has 0 aliphatic carbocycles. The number of ether oxygens (including phenoxy) is 1. The second-order valence-electron chi connectivity index (χ2n) is 4.62. The first-order valence-corrected chi connectivity index (χ1v) is 7.69. The minimum atomic E-state index is 0.734. The highest BCUT2D eigenvalue weighted by Crippen LogP contribution is 2.23. The van der Waals surface area contributed by atoms with Gasteiger partial charge in [-0.15, -0.1) is 11.3 Å². The Balaban J connectivity index is 1.43. The van der Waals surface area contributed by atoms with E-state index in [1.165, 1.54) is 15.8 Å². The number of rotatable bonds is 6. The highest BCUT2D eigenvalue weighted by Gasteiger charge is 1.97. The van der Waals surface area contributed by atoms with Gasteiger partial charge in [-0.1, -0.05) is 18.2 Å². The topological polar surface area (TPSA) is 21.3 Å². The molecule has 102 valence electrons. The molecule has 0 unspecified atom stereocenters. The fourth-order valence-corrected chi connectivity index (χ4v) is 2.86. The molecular weight excluding hydrogens is 266 g/mol. The summed E-state index contributed by atoms with van der Waals surface area (Å²) in [5.74, 6) is 0.937. The highest BCUT2D eigenvalue weighted by molar-refractivity contribution is 7.17. The van der Waals surface area contributed by atoms with Gasteiger partial charge in [-0.05, 0) is 53.6 Å². The molecule has 0 saturated carbocycles. The van der Waals surface area contributed by atoms with Gasteiger partial charge in [-0.2, -0.15) is 0 Å². The van der Waals surface area contributed by atoms with Crippen LogP contribution in [0.3, 0.4) is 0 Å². The molecule has 2 aromatic carbocycles. The van der Waals surface area contributed by atoms with Crippen molar-refractivity contribution in [1.82, 2.24) is 0 Å². The van der Waals surface area contributed by atoms with Crippen LogP contribution in [0.4, 0.5) is 5.69 Å². The van der Waals surface area contributed by atoms with E-state index in [1.807, 2.05) is 30.3 Å². The minimum Gasteiger partial charge on any atom is -0.494 e. The second kappa shape index (κ2) is 6.44. The van der Waals surface area contributed by atoms with Crippen molar-refractivity contribution in [1.29, 1.82) is 0 Å². The predicted octanol–water partition coefficient (Wildman–Crippen LogP) is 4.78. The van der Waals surface area contributed by atoms with Crippen LogP contribution in [0.5, 0.6) is 5.75 Å². The van der Waals surface area contributed by atoms with Gasteiger partial charge in [0.1, 0.15) is 5.75 Å². The van der Waals surface area contributed by atoms with E-state index in [0.29, 0.717) is 0 Å². The molecule has 3 rings (SSSR count). The zero-order valence-corrected chi connectivity index (χ0v) is 12.0. The lowest BCUT2D eigenvalue weighted by molar-refractivity contribution is 0.315. The number of benzene rings is 2. The molecule has 3 aromatic rings. The summed E-state index contributed by atoms with van der Waals surface area (Å²) in [6.07, 6.45) is 0.983. The third-order valence-corrected chi connectivity index (χ3v) is 4.01. The molecule has 0 aliphatic heterocycles. The van der Waals surface area contributed by atoms with Crippen LogP contribution < -0.4 is 10.1 Å². The van der Waals surface area contributed by atoms with Gasteiger partial charge in [-0.25, -0.2) is 0 Å². The number of hydrogen-bond acceptors (Lipinski definition) is 3. The Bertz CT molecular complexity index is 663. The Morgan fingerprint density at radius 3 is 2.80 bits per heavy atom. The van der Waals surface area contributed by atoms with Crippen molar-refractivity contribution in [3.05, 3.63) is 60.0 Å². The smallest absolute Gasteiger partial charge is 0.119 e. The third kappa shape index (κ3) is 3.31. The Morgan fingerprint density at radius 2 is 1.90 bits per heavy atom. The number of thiophene rings is 1. The van der Waals surface area contributed by atoms with Crippen LogP contribution in [0.25, 0.3) is 10.1 Å². The van der Waals surface area contributed by atoms with Crippen molar-refractivity contribution in [2.45, 2.75) is 6.42 Å². The summed E-state index contributed by atoms with van der Waals surface area (Å²) in [5.41, 5.74) is 1.18. The van der Waals surface area contributed by atoms with Crippen LogP contribution in [-0.2, 0) is 0 Å². The summed E-state index contributed by atoms with van der Waals surface area (Å²) < 4.78 is 7.00. The molecule has 3 heteroatoms. The normalized spacial score (nSPS) is 10.6. The van der Waals surface area contributed by atoms with Gasteiger partial charge in [0.05, 0.1) is 6.61 Å². The van der Waals surface area contributed by atoms with E-state index in [4.69, 9.17) is 4.74 Å². The third-order valence-electron chi connectivity index (χ3n) is 3.11. The van der Waals surface area contributed by atoms with Crippen LogP contribution in [0, 0.1) is 0 Å². The van der Waals surface area contributed by atoms with Crippen molar-refractivity contribution in [2.24, 2.45) is 0 Å². The zero-order chi connectivity index (χ0) is 13.6. The number of nitrogens with one attached hydrogen (secondary N) is 1. The van der Waals surface area contributed by atoms with Crippen LogP contribution in [-0.4, -0.2) is 13.2 Å². The highest BCUT2D eigenvalue weighted by atomic mass is 32.1.